The van der Waals surface area contributed by atoms with Crippen LogP contribution in [-0.4, -0.2) is 51.8 Å². The van der Waals surface area contributed by atoms with Gasteiger partial charge in [-0.3, -0.25) is 18.9 Å². The molecule has 0 saturated carbocycles. The Morgan fingerprint density at radius 2 is 1.66 bits per heavy atom. The van der Waals surface area contributed by atoms with Gasteiger partial charge in [0, 0.05) is 6.54 Å². The summed E-state index contributed by atoms with van der Waals surface area (Å²) in [5.74, 6) is -0.268. The zero-order chi connectivity index (χ0) is 23.7. The van der Waals surface area contributed by atoms with Crippen molar-refractivity contribution in [1.29, 1.82) is 0 Å². The van der Waals surface area contributed by atoms with E-state index in [1.807, 2.05) is 6.07 Å². The molecule has 1 aliphatic heterocycles. The molecule has 0 radical (unpaired) electrons. The van der Waals surface area contributed by atoms with Gasteiger partial charge < -0.3 is 4.18 Å². The molecule has 1 aliphatic rings. The number of aliphatic imine (C=N–C) groups is 1. The fraction of sp³-hybridized carbons (Fsp3) is 0.364. The minimum absolute atomic E-state index is 0.128. The zero-order valence-electron chi connectivity index (χ0n) is 18.4. The Bertz CT molecular complexity index is 1110. The summed E-state index contributed by atoms with van der Waals surface area (Å²) < 4.78 is 50.6. The molecule has 3 rings (SSSR count). The first-order valence-corrected chi connectivity index (χ1v) is 13.4. The fourth-order valence-corrected chi connectivity index (χ4v) is 6.42. The first kappa shape index (κ1) is 24.2. The van der Waals surface area contributed by atoms with E-state index < -0.39 is 37.6 Å². The average Bonchev–Trinajstić information content (AvgIpc) is 2.87. The Morgan fingerprint density at radius 1 is 1.06 bits per heavy atom. The van der Waals surface area contributed by atoms with E-state index in [-0.39, 0.29) is 18.0 Å². The van der Waals surface area contributed by atoms with Gasteiger partial charge in [0.1, 0.15) is 16.7 Å². The minimum Gasteiger partial charge on any atom is -0.383 e. The monoisotopic (exact) mass is 480 g/mol. The first-order valence-electron chi connectivity index (χ1n) is 10.00. The van der Waals surface area contributed by atoms with E-state index in [9.17, 15) is 22.3 Å². The summed E-state index contributed by atoms with van der Waals surface area (Å²) in [6, 6.07) is 15.5. The molecule has 10 heteroatoms. The Morgan fingerprint density at radius 3 is 2.19 bits per heavy atom. The van der Waals surface area contributed by atoms with Crippen molar-refractivity contribution in [2.45, 2.75) is 38.0 Å². The van der Waals surface area contributed by atoms with Crippen LogP contribution in [0.3, 0.4) is 0 Å². The number of carbonyl (C=O) groups is 1. The van der Waals surface area contributed by atoms with Gasteiger partial charge in [-0.2, -0.15) is 8.42 Å². The SMILES string of the molecule is CC(C)(C)N1C(=O)C(=NCCc2ccc(OS(C)(=O)=O)cc2)C(c2ccccc2)S1(O)O. The molecule has 1 fully saturated rings. The lowest BCUT2D eigenvalue weighted by atomic mass is 10.0. The highest BCUT2D eigenvalue weighted by molar-refractivity contribution is 8.24. The van der Waals surface area contributed by atoms with Gasteiger partial charge in [0.05, 0.1) is 11.8 Å². The summed E-state index contributed by atoms with van der Waals surface area (Å²) >= 11 is 0. The summed E-state index contributed by atoms with van der Waals surface area (Å²) in [4.78, 5) is 17.7. The molecule has 0 bridgehead atoms. The highest BCUT2D eigenvalue weighted by Gasteiger charge is 2.54. The lowest BCUT2D eigenvalue weighted by Gasteiger charge is -2.46. The van der Waals surface area contributed by atoms with Crippen LogP contribution < -0.4 is 4.18 Å². The minimum atomic E-state index is -3.59. The smallest absolute Gasteiger partial charge is 0.306 e. The second kappa shape index (κ2) is 8.86. The van der Waals surface area contributed by atoms with Crippen molar-refractivity contribution in [3.8, 4) is 5.75 Å². The maximum Gasteiger partial charge on any atom is 0.306 e. The predicted octanol–water partition coefficient (Wildman–Crippen LogP) is 4.06. The van der Waals surface area contributed by atoms with Gasteiger partial charge in [0.15, 0.2) is 0 Å². The second-order valence-electron chi connectivity index (χ2n) is 8.57. The highest BCUT2D eigenvalue weighted by atomic mass is 32.3. The van der Waals surface area contributed by atoms with E-state index in [4.69, 9.17) is 4.18 Å². The average molecular weight is 481 g/mol. The maximum absolute atomic E-state index is 13.2. The van der Waals surface area contributed by atoms with Crippen LogP contribution in [-0.2, 0) is 21.3 Å². The van der Waals surface area contributed by atoms with Gasteiger partial charge in [-0.15, -0.1) is 10.8 Å². The molecule has 2 N–H and O–H groups in total. The van der Waals surface area contributed by atoms with Gasteiger partial charge in [-0.1, -0.05) is 42.5 Å². The predicted molar refractivity (Wildman–Crippen MR) is 127 cm³/mol. The normalized spacial score (nSPS) is 21.1. The lowest BCUT2D eigenvalue weighted by molar-refractivity contribution is -0.122. The van der Waals surface area contributed by atoms with Crippen molar-refractivity contribution in [2.75, 3.05) is 12.8 Å². The van der Waals surface area contributed by atoms with Gasteiger partial charge in [-0.25, -0.2) is 4.31 Å². The Hall–Kier alpha value is -2.40. The largest absolute Gasteiger partial charge is 0.383 e. The van der Waals surface area contributed by atoms with Gasteiger partial charge in [0.2, 0.25) is 0 Å². The van der Waals surface area contributed by atoms with E-state index >= 15 is 0 Å². The first-order chi connectivity index (χ1) is 14.8. The molecular weight excluding hydrogens is 452 g/mol. The molecule has 32 heavy (non-hydrogen) atoms. The molecule has 1 unspecified atom stereocenters. The third-order valence-electron chi connectivity index (χ3n) is 4.80. The number of nitrogens with zero attached hydrogens (tertiary/aromatic N) is 2. The summed E-state index contributed by atoms with van der Waals surface area (Å²) in [6.07, 6.45) is 1.45. The topological polar surface area (TPSA) is 117 Å². The van der Waals surface area contributed by atoms with Crippen LogP contribution in [0.15, 0.2) is 59.6 Å². The summed E-state index contributed by atoms with van der Waals surface area (Å²) in [5.41, 5.74) is 0.823. The Balaban J connectivity index is 1.86. The molecule has 2 aromatic carbocycles. The molecule has 1 amide bonds. The van der Waals surface area contributed by atoms with Crippen LogP contribution in [0, 0.1) is 0 Å². The summed E-state index contributed by atoms with van der Waals surface area (Å²) in [6.45, 7) is 5.52. The number of carbonyl (C=O) groups excluding carboxylic acids is 1. The van der Waals surface area contributed by atoms with Crippen molar-refractivity contribution in [2.24, 2.45) is 4.99 Å². The van der Waals surface area contributed by atoms with E-state index in [2.05, 4.69) is 4.99 Å². The fourth-order valence-electron chi connectivity index (χ4n) is 3.61. The van der Waals surface area contributed by atoms with E-state index in [0.29, 0.717) is 12.0 Å². The summed E-state index contributed by atoms with van der Waals surface area (Å²) in [7, 11) is -7.07. The molecule has 8 nitrogen and oxygen atoms in total. The van der Waals surface area contributed by atoms with Gasteiger partial charge in [0.25, 0.3) is 5.91 Å². The van der Waals surface area contributed by atoms with E-state index in [0.717, 1.165) is 16.1 Å². The van der Waals surface area contributed by atoms with Crippen LogP contribution in [0.5, 0.6) is 5.75 Å². The number of hydrogen-bond donors (Lipinski definition) is 2. The van der Waals surface area contributed by atoms with Crippen LogP contribution in [0.2, 0.25) is 0 Å². The molecule has 0 spiro atoms. The molecule has 1 saturated heterocycles. The van der Waals surface area contributed by atoms with Gasteiger partial charge in [-0.05, 0) is 50.5 Å². The number of rotatable bonds is 6. The van der Waals surface area contributed by atoms with Gasteiger partial charge >= 0.3 is 10.1 Å². The number of amides is 1. The highest BCUT2D eigenvalue weighted by Crippen LogP contribution is 2.64. The Kier molecular flexibility index (Phi) is 6.71. The number of benzene rings is 2. The lowest BCUT2D eigenvalue weighted by Crippen LogP contribution is -2.43. The Labute approximate surface area is 190 Å². The van der Waals surface area contributed by atoms with Crippen molar-refractivity contribution in [3.05, 3.63) is 65.7 Å². The third-order valence-corrected chi connectivity index (χ3v) is 7.68. The van der Waals surface area contributed by atoms with Crippen LogP contribution in [0.4, 0.5) is 0 Å². The van der Waals surface area contributed by atoms with E-state index in [1.165, 1.54) is 0 Å². The quantitative estimate of drug-likeness (QED) is 0.603. The summed E-state index contributed by atoms with van der Waals surface area (Å²) in [5, 5.41) is -0.930. The number of hydrogen-bond acceptors (Lipinski definition) is 7. The van der Waals surface area contributed by atoms with Crippen molar-refractivity contribution >= 4 is 32.5 Å². The second-order valence-corrected chi connectivity index (χ2v) is 12.1. The molecule has 0 aromatic heterocycles. The van der Waals surface area contributed by atoms with Crippen LogP contribution in [0.25, 0.3) is 0 Å². The van der Waals surface area contributed by atoms with Crippen molar-refractivity contribution in [3.63, 3.8) is 0 Å². The molecule has 2 aromatic rings. The molecular formula is C22H28N2O6S2. The van der Waals surface area contributed by atoms with Crippen molar-refractivity contribution in [1.82, 2.24) is 4.31 Å². The van der Waals surface area contributed by atoms with E-state index in [1.54, 1.807) is 69.3 Å². The molecule has 1 atom stereocenters. The molecule has 174 valence electrons. The van der Waals surface area contributed by atoms with Crippen molar-refractivity contribution < 1.29 is 26.5 Å². The zero-order valence-corrected chi connectivity index (χ0v) is 20.1. The molecule has 0 aliphatic carbocycles. The van der Waals surface area contributed by atoms with Crippen LogP contribution in [0.1, 0.15) is 37.1 Å². The van der Waals surface area contributed by atoms with Crippen LogP contribution >= 0.6 is 10.8 Å². The standard InChI is InChI=1S/C22H28N2O6S2/c1-22(2,3)24-21(25)19(20(32(24,28)29)17-8-6-5-7-9-17)23-15-14-16-10-12-18(13-11-16)30-31(4,26)27/h5-13,20,28-29H,14-15H2,1-4H3. The molecule has 1 heterocycles. The third kappa shape index (κ3) is 5.32. The maximum atomic E-state index is 13.2.